The first-order chi connectivity index (χ1) is 17.8. The predicted octanol–water partition coefficient (Wildman–Crippen LogP) is 7.60. The van der Waals surface area contributed by atoms with Crippen molar-refractivity contribution in [2.45, 2.75) is 0 Å². The number of rotatable bonds is 5. The molecular formula is C32H22N4. The maximum Gasteiger partial charge on any atom is 0.164 e. The van der Waals surface area contributed by atoms with Crippen LogP contribution in [0.1, 0.15) is 0 Å². The second-order valence-electron chi connectivity index (χ2n) is 8.44. The van der Waals surface area contributed by atoms with Crippen molar-refractivity contribution in [3.63, 3.8) is 0 Å². The standard InChI is InChI=1S/C32H22N4/c1-3-10-23(11-4-1)30-34-31(24-12-5-2-6-13-24)36-32(35-30)28-17-8-15-26(21-28)25-14-7-16-27(20-25)29-18-9-19-33-22-29/h1-22H. The third-order valence-electron chi connectivity index (χ3n) is 6.01. The van der Waals surface area contributed by atoms with Crippen LogP contribution >= 0.6 is 0 Å². The Morgan fingerprint density at radius 2 is 0.750 bits per heavy atom. The molecule has 0 amide bonds. The van der Waals surface area contributed by atoms with Gasteiger partial charge in [-0.1, -0.05) is 103 Å². The monoisotopic (exact) mass is 462 g/mol. The second-order valence-corrected chi connectivity index (χ2v) is 8.44. The summed E-state index contributed by atoms with van der Waals surface area (Å²) in [5.41, 5.74) is 7.30. The Labute approximate surface area is 210 Å². The van der Waals surface area contributed by atoms with E-state index in [2.05, 4.69) is 53.5 Å². The summed E-state index contributed by atoms with van der Waals surface area (Å²) in [6.07, 6.45) is 3.68. The molecule has 0 aliphatic rings. The molecule has 0 saturated carbocycles. The minimum absolute atomic E-state index is 0.646. The van der Waals surface area contributed by atoms with E-state index in [4.69, 9.17) is 15.0 Å². The van der Waals surface area contributed by atoms with Crippen LogP contribution in [0.4, 0.5) is 0 Å². The molecule has 0 spiro atoms. The normalized spacial score (nSPS) is 10.8. The van der Waals surface area contributed by atoms with Crippen LogP contribution in [0, 0.1) is 0 Å². The maximum absolute atomic E-state index is 4.87. The number of nitrogens with zero attached hydrogens (tertiary/aromatic N) is 4. The van der Waals surface area contributed by atoms with Crippen molar-refractivity contribution in [3.8, 4) is 56.4 Å². The van der Waals surface area contributed by atoms with Crippen LogP contribution in [-0.2, 0) is 0 Å². The molecule has 0 atom stereocenters. The Balaban J connectivity index is 1.45. The quantitative estimate of drug-likeness (QED) is 0.265. The molecular weight excluding hydrogens is 440 g/mol. The summed E-state index contributed by atoms with van der Waals surface area (Å²) in [4.78, 5) is 18.8. The molecule has 0 N–H and O–H groups in total. The molecule has 6 rings (SSSR count). The van der Waals surface area contributed by atoms with Gasteiger partial charge in [-0.05, 0) is 34.9 Å². The highest BCUT2D eigenvalue weighted by molar-refractivity contribution is 5.76. The molecule has 0 aliphatic heterocycles. The molecule has 0 saturated heterocycles. The Morgan fingerprint density at radius 1 is 0.333 bits per heavy atom. The molecule has 6 aromatic rings. The number of pyridine rings is 1. The fourth-order valence-electron chi connectivity index (χ4n) is 4.19. The van der Waals surface area contributed by atoms with Crippen molar-refractivity contribution in [3.05, 3.63) is 134 Å². The molecule has 4 aromatic carbocycles. The zero-order chi connectivity index (χ0) is 24.2. The van der Waals surface area contributed by atoms with Gasteiger partial charge < -0.3 is 0 Å². The van der Waals surface area contributed by atoms with E-state index in [1.54, 1.807) is 6.20 Å². The zero-order valence-corrected chi connectivity index (χ0v) is 19.5. The van der Waals surface area contributed by atoms with Crippen molar-refractivity contribution in [1.29, 1.82) is 0 Å². The molecule has 0 bridgehead atoms. The van der Waals surface area contributed by atoms with Crippen molar-refractivity contribution in [1.82, 2.24) is 19.9 Å². The molecule has 4 nitrogen and oxygen atoms in total. The Bertz CT molecular complexity index is 1560. The van der Waals surface area contributed by atoms with Crippen LogP contribution in [-0.4, -0.2) is 19.9 Å². The van der Waals surface area contributed by atoms with E-state index in [9.17, 15) is 0 Å². The fourth-order valence-corrected chi connectivity index (χ4v) is 4.19. The molecule has 0 fully saturated rings. The van der Waals surface area contributed by atoms with Gasteiger partial charge in [0.15, 0.2) is 17.5 Å². The van der Waals surface area contributed by atoms with E-state index in [0.717, 1.165) is 38.9 Å². The molecule has 4 heteroatoms. The number of hydrogen-bond acceptors (Lipinski definition) is 4. The van der Waals surface area contributed by atoms with Crippen LogP contribution in [0.3, 0.4) is 0 Å². The van der Waals surface area contributed by atoms with E-state index in [1.807, 2.05) is 79.0 Å². The van der Waals surface area contributed by atoms with E-state index >= 15 is 0 Å². The lowest BCUT2D eigenvalue weighted by atomic mass is 9.98. The maximum atomic E-state index is 4.87. The van der Waals surface area contributed by atoms with Crippen molar-refractivity contribution >= 4 is 0 Å². The van der Waals surface area contributed by atoms with Gasteiger partial charge in [-0.3, -0.25) is 4.98 Å². The molecule has 0 unspecified atom stereocenters. The topological polar surface area (TPSA) is 51.6 Å². The van der Waals surface area contributed by atoms with Gasteiger partial charge >= 0.3 is 0 Å². The summed E-state index contributed by atoms with van der Waals surface area (Å²) in [5, 5.41) is 0. The fraction of sp³-hybridized carbons (Fsp3) is 0. The Kier molecular flexibility index (Phi) is 5.83. The SMILES string of the molecule is c1ccc(-c2nc(-c3ccccc3)nc(-c3cccc(-c4cccc(-c5cccnc5)c4)c3)n2)cc1. The number of benzene rings is 4. The lowest BCUT2D eigenvalue weighted by Gasteiger charge is -2.10. The third kappa shape index (κ3) is 4.52. The Hall–Kier alpha value is -4.96. The number of aromatic nitrogens is 4. The van der Waals surface area contributed by atoms with Gasteiger partial charge in [0.25, 0.3) is 0 Å². The molecule has 36 heavy (non-hydrogen) atoms. The predicted molar refractivity (Wildman–Crippen MR) is 145 cm³/mol. The van der Waals surface area contributed by atoms with Gasteiger partial charge in [-0.15, -0.1) is 0 Å². The van der Waals surface area contributed by atoms with Crippen molar-refractivity contribution < 1.29 is 0 Å². The van der Waals surface area contributed by atoms with Gasteiger partial charge in [-0.2, -0.15) is 0 Å². The minimum Gasteiger partial charge on any atom is -0.264 e. The van der Waals surface area contributed by atoms with E-state index in [-0.39, 0.29) is 0 Å². The molecule has 2 heterocycles. The summed E-state index contributed by atoms with van der Waals surface area (Å²) in [6.45, 7) is 0. The first-order valence-electron chi connectivity index (χ1n) is 11.8. The van der Waals surface area contributed by atoms with E-state index in [1.165, 1.54) is 0 Å². The lowest BCUT2D eigenvalue weighted by molar-refractivity contribution is 1.07. The van der Waals surface area contributed by atoms with Crippen LogP contribution in [0.25, 0.3) is 56.4 Å². The van der Waals surface area contributed by atoms with E-state index in [0.29, 0.717) is 17.5 Å². The zero-order valence-electron chi connectivity index (χ0n) is 19.5. The summed E-state index contributed by atoms with van der Waals surface area (Å²) >= 11 is 0. The van der Waals surface area contributed by atoms with Crippen molar-refractivity contribution in [2.24, 2.45) is 0 Å². The molecule has 170 valence electrons. The highest BCUT2D eigenvalue weighted by atomic mass is 15.0. The summed E-state index contributed by atoms with van der Waals surface area (Å²) in [5.74, 6) is 1.96. The minimum atomic E-state index is 0.646. The summed E-state index contributed by atoms with van der Waals surface area (Å²) < 4.78 is 0. The molecule has 0 radical (unpaired) electrons. The van der Waals surface area contributed by atoms with Gasteiger partial charge in [0.2, 0.25) is 0 Å². The molecule has 2 aromatic heterocycles. The second kappa shape index (κ2) is 9.72. The summed E-state index contributed by atoms with van der Waals surface area (Å²) in [6, 6.07) is 40.9. The lowest BCUT2D eigenvalue weighted by Crippen LogP contribution is -2.00. The van der Waals surface area contributed by atoms with Crippen LogP contribution in [0.15, 0.2) is 134 Å². The Morgan fingerprint density at radius 3 is 1.28 bits per heavy atom. The highest BCUT2D eigenvalue weighted by Gasteiger charge is 2.13. The van der Waals surface area contributed by atoms with Gasteiger partial charge in [-0.25, -0.2) is 15.0 Å². The average molecular weight is 463 g/mol. The van der Waals surface area contributed by atoms with Crippen molar-refractivity contribution in [2.75, 3.05) is 0 Å². The van der Waals surface area contributed by atoms with Crippen LogP contribution in [0.2, 0.25) is 0 Å². The van der Waals surface area contributed by atoms with Gasteiger partial charge in [0.1, 0.15) is 0 Å². The highest BCUT2D eigenvalue weighted by Crippen LogP contribution is 2.30. The first kappa shape index (κ1) is 21.6. The largest absolute Gasteiger partial charge is 0.264 e. The molecule has 0 aliphatic carbocycles. The summed E-state index contributed by atoms with van der Waals surface area (Å²) in [7, 11) is 0. The number of hydrogen-bond donors (Lipinski definition) is 0. The van der Waals surface area contributed by atoms with Gasteiger partial charge in [0.05, 0.1) is 0 Å². The van der Waals surface area contributed by atoms with Crippen LogP contribution < -0.4 is 0 Å². The first-order valence-corrected chi connectivity index (χ1v) is 11.8. The third-order valence-corrected chi connectivity index (χ3v) is 6.01. The smallest absolute Gasteiger partial charge is 0.164 e. The van der Waals surface area contributed by atoms with E-state index < -0.39 is 0 Å². The van der Waals surface area contributed by atoms with Gasteiger partial charge in [0, 0.05) is 34.6 Å². The average Bonchev–Trinajstić information content (AvgIpc) is 2.98. The van der Waals surface area contributed by atoms with Crippen LogP contribution in [0.5, 0.6) is 0 Å².